The lowest BCUT2D eigenvalue weighted by Gasteiger charge is -2.13. The van der Waals surface area contributed by atoms with Crippen LogP contribution in [-0.4, -0.2) is 37.8 Å². The third-order valence-corrected chi connectivity index (χ3v) is 5.82. The highest BCUT2D eigenvalue weighted by molar-refractivity contribution is 8.26. The number of nitrogens with zero attached hydrogens (tertiary/aromatic N) is 3. The van der Waals surface area contributed by atoms with Gasteiger partial charge in [-0.1, -0.05) is 71.6 Å². The molecule has 0 N–H and O–H groups in total. The van der Waals surface area contributed by atoms with Crippen LogP contribution in [0.15, 0.2) is 64.0 Å². The first-order valence-electron chi connectivity index (χ1n) is 9.54. The van der Waals surface area contributed by atoms with Crippen LogP contribution in [0.4, 0.5) is 4.39 Å². The molecule has 10 heteroatoms. The zero-order chi connectivity index (χ0) is 22.5. The summed E-state index contributed by atoms with van der Waals surface area (Å²) in [6.45, 7) is -0.0785. The van der Waals surface area contributed by atoms with E-state index in [1.165, 1.54) is 17.0 Å². The number of aromatic nitrogens is 2. The minimum atomic E-state index is -0.527. The molecule has 0 aliphatic carbocycles. The van der Waals surface area contributed by atoms with E-state index in [2.05, 4.69) is 10.1 Å². The molecule has 3 aromatic rings. The smallest absolute Gasteiger partial charge is 0.308 e. The minimum Gasteiger partial charge on any atom is -0.456 e. The lowest BCUT2D eigenvalue weighted by molar-refractivity contribution is -0.146. The second-order valence-corrected chi connectivity index (χ2v) is 8.35. The standard InChI is InChI=1S/C22H16FN3O4S2/c23-16-8-6-14(7-9-16)12-17-21(28)26(22(31)32-17)11-10-19(27)29-13-18-24-20(25-30-18)15-4-2-1-3-5-15/h1-9,12H,10-11,13H2/b17-12-. The van der Waals surface area contributed by atoms with Crippen LogP contribution in [0.3, 0.4) is 0 Å². The van der Waals surface area contributed by atoms with Crippen LogP contribution in [0.25, 0.3) is 17.5 Å². The summed E-state index contributed by atoms with van der Waals surface area (Å²) < 4.78 is 23.7. The number of thiocarbonyl (C=S) groups is 1. The van der Waals surface area contributed by atoms with Gasteiger partial charge in [0, 0.05) is 12.1 Å². The normalized spacial score (nSPS) is 14.9. The maximum absolute atomic E-state index is 13.0. The SMILES string of the molecule is O=C(CCN1C(=O)/C(=C/c2ccc(F)cc2)SC1=S)OCc1nc(-c2ccccc2)no1. The molecule has 1 saturated heterocycles. The number of benzene rings is 2. The molecule has 1 fully saturated rings. The van der Waals surface area contributed by atoms with Crippen molar-refractivity contribution in [3.8, 4) is 11.4 Å². The molecule has 1 amide bonds. The van der Waals surface area contributed by atoms with Gasteiger partial charge in [0.2, 0.25) is 5.82 Å². The maximum atomic E-state index is 13.0. The van der Waals surface area contributed by atoms with Crippen LogP contribution in [0.1, 0.15) is 17.9 Å². The van der Waals surface area contributed by atoms with Crippen molar-refractivity contribution in [2.24, 2.45) is 0 Å². The van der Waals surface area contributed by atoms with Gasteiger partial charge in [0.05, 0.1) is 11.3 Å². The fraction of sp³-hybridized carbons (Fsp3) is 0.136. The van der Waals surface area contributed by atoms with E-state index in [0.29, 0.717) is 20.6 Å². The number of carbonyl (C=O) groups is 2. The monoisotopic (exact) mass is 469 g/mol. The molecule has 0 unspecified atom stereocenters. The van der Waals surface area contributed by atoms with E-state index in [-0.39, 0.29) is 37.2 Å². The quantitative estimate of drug-likeness (QED) is 0.289. The molecule has 7 nitrogen and oxygen atoms in total. The first-order valence-corrected chi connectivity index (χ1v) is 10.8. The van der Waals surface area contributed by atoms with Gasteiger partial charge in [0.1, 0.15) is 10.1 Å². The Labute approximate surface area is 192 Å². The van der Waals surface area contributed by atoms with E-state index >= 15 is 0 Å². The highest BCUT2D eigenvalue weighted by atomic mass is 32.2. The number of carbonyl (C=O) groups excluding carboxylic acids is 2. The highest BCUT2D eigenvalue weighted by Gasteiger charge is 2.32. The summed E-state index contributed by atoms with van der Waals surface area (Å²) in [4.78, 5) is 30.7. The second kappa shape index (κ2) is 9.84. The predicted molar refractivity (Wildman–Crippen MR) is 120 cm³/mol. The summed E-state index contributed by atoms with van der Waals surface area (Å²) in [6.07, 6.45) is 1.59. The van der Waals surface area contributed by atoms with Crippen molar-refractivity contribution < 1.29 is 23.2 Å². The number of halogens is 1. The van der Waals surface area contributed by atoms with Crippen molar-refractivity contribution >= 4 is 46.3 Å². The average Bonchev–Trinajstić information content (AvgIpc) is 3.38. The zero-order valence-corrected chi connectivity index (χ0v) is 18.2. The minimum absolute atomic E-state index is 0.0457. The van der Waals surface area contributed by atoms with Gasteiger partial charge in [-0.3, -0.25) is 14.5 Å². The molecule has 0 bridgehead atoms. The van der Waals surface area contributed by atoms with Gasteiger partial charge in [0.15, 0.2) is 6.61 Å². The van der Waals surface area contributed by atoms with Gasteiger partial charge < -0.3 is 9.26 Å². The molecule has 2 aromatic carbocycles. The molecule has 0 atom stereocenters. The molecule has 32 heavy (non-hydrogen) atoms. The summed E-state index contributed by atoms with van der Waals surface area (Å²) in [5.41, 5.74) is 1.47. The van der Waals surface area contributed by atoms with Gasteiger partial charge in [-0.05, 0) is 23.8 Å². The molecule has 1 aliphatic rings. The van der Waals surface area contributed by atoms with Crippen molar-refractivity contribution in [1.29, 1.82) is 0 Å². The molecule has 4 rings (SSSR count). The van der Waals surface area contributed by atoms with E-state index < -0.39 is 5.97 Å². The largest absolute Gasteiger partial charge is 0.456 e. The van der Waals surface area contributed by atoms with E-state index in [1.807, 2.05) is 30.3 Å². The molecule has 162 valence electrons. The Hall–Kier alpha value is -3.37. The molecular weight excluding hydrogens is 453 g/mol. The Morgan fingerprint density at radius 2 is 1.94 bits per heavy atom. The average molecular weight is 470 g/mol. The van der Waals surface area contributed by atoms with E-state index in [1.54, 1.807) is 18.2 Å². The third-order valence-electron chi connectivity index (χ3n) is 4.44. The number of thioether (sulfide) groups is 1. The molecule has 0 spiro atoms. The Morgan fingerprint density at radius 1 is 1.19 bits per heavy atom. The Morgan fingerprint density at radius 3 is 2.69 bits per heavy atom. The van der Waals surface area contributed by atoms with Crippen LogP contribution in [0, 0.1) is 5.82 Å². The Bertz CT molecular complexity index is 1180. The lowest BCUT2D eigenvalue weighted by atomic mass is 10.2. The second-order valence-electron chi connectivity index (χ2n) is 6.67. The fourth-order valence-electron chi connectivity index (χ4n) is 2.84. The summed E-state index contributed by atoms with van der Waals surface area (Å²) in [5.74, 6) is -0.611. The highest BCUT2D eigenvalue weighted by Crippen LogP contribution is 2.32. The topological polar surface area (TPSA) is 85.5 Å². The summed E-state index contributed by atoms with van der Waals surface area (Å²) in [5, 5.41) is 3.86. The number of hydrogen-bond donors (Lipinski definition) is 0. The number of hydrogen-bond acceptors (Lipinski definition) is 8. The predicted octanol–water partition coefficient (Wildman–Crippen LogP) is 4.21. The van der Waals surface area contributed by atoms with Crippen molar-refractivity contribution in [3.63, 3.8) is 0 Å². The van der Waals surface area contributed by atoms with Crippen LogP contribution < -0.4 is 0 Å². The Kier molecular flexibility index (Phi) is 6.72. The summed E-state index contributed by atoms with van der Waals surface area (Å²) in [6, 6.07) is 15.0. The van der Waals surface area contributed by atoms with Crippen molar-refractivity contribution in [1.82, 2.24) is 15.0 Å². The number of ether oxygens (including phenoxy) is 1. The van der Waals surface area contributed by atoms with E-state index in [4.69, 9.17) is 21.5 Å². The molecular formula is C22H16FN3O4S2. The van der Waals surface area contributed by atoms with Crippen molar-refractivity contribution in [2.45, 2.75) is 13.0 Å². The Balaban J connectivity index is 1.28. The van der Waals surface area contributed by atoms with Gasteiger partial charge in [-0.15, -0.1) is 0 Å². The zero-order valence-electron chi connectivity index (χ0n) is 16.6. The lowest BCUT2D eigenvalue weighted by Crippen LogP contribution is -2.30. The number of rotatable bonds is 7. The number of esters is 1. The number of amides is 1. The van der Waals surface area contributed by atoms with Crippen molar-refractivity contribution in [2.75, 3.05) is 6.54 Å². The van der Waals surface area contributed by atoms with Gasteiger partial charge >= 0.3 is 5.97 Å². The van der Waals surface area contributed by atoms with Crippen LogP contribution in [-0.2, 0) is 20.9 Å². The van der Waals surface area contributed by atoms with Gasteiger partial charge in [0.25, 0.3) is 11.8 Å². The van der Waals surface area contributed by atoms with Gasteiger partial charge in [-0.2, -0.15) is 4.98 Å². The fourth-order valence-corrected chi connectivity index (χ4v) is 4.15. The van der Waals surface area contributed by atoms with Gasteiger partial charge in [-0.25, -0.2) is 4.39 Å². The summed E-state index contributed by atoms with van der Waals surface area (Å²) >= 11 is 6.39. The molecule has 1 aromatic heterocycles. The van der Waals surface area contributed by atoms with Crippen LogP contribution in [0.5, 0.6) is 0 Å². The van der Waals surface area contributed by atoms with Crippen LogP contribution in [0.2, 0.25) is 0 Å². The molecule has 2 heterocycles. The van der Waals surface area contributed by atoms with Crippen LogP contribution >= 0.6 is 24.0 Å². The van der Waals surface area contributed by atoms with E-state index in [0.717, 1.165) is 17.3 Å². The first-order chi connectivity index (χ1) is 15.5. The maximum Gasteiger partial charge on any atom is 0.308 e. The molecule has 1 aliphatic heterocycles. The molecule has 0 saturated carbocycles. The third kappa shape index (κ3) is 5.27. The first kappa shape index (κ1) is 21.8. The molecule has 0 radical (unpaired) electrons. The summed E-state index contributed by atoms with van der Waals surface area (Å²) in [7, 11) is 0. The van der Waals surface area contributed by atoms with E-state index in [9.17, 15) is 14.0 Å². The van der Waals surface area contributed by atoms with Crippen molar-refractivity contribution in [3.05, 3.63) is 76.8 Å².